The zero-order chi connectivity index (χ0) is 32.6. The van der Waals surface area contributed by atoms with Crippen LogP contribution in [0.3, 0.4) is 0 Å². The first-order valence-electron chi connectivity index (χ1n) is 14.7. The van der Waals surface area contributed by atoms with Gasteiger partial charge >= 0.3 is 0 Å². The monoisotopic (exact) mass is 620 g/mol. The summed E-state index contributed by atoms with van der Waals surface area (Å²) in [6.07, 6.45) is 4.61. The van der Waals surface area contributed by atoms with Crippen molar-refractivity contribution in [3.8, 4) is 22.8 Å². The van der Waals surface area contributed by atoms with Crippen LogP contribution in [0.15, 0.2) is 78.8 Å². The normalized spacial score (nSPS) is 13.4. The molecule has 1 fully saturated rings. The average Bonchev–Trinajstić information content (AvgIpc) is 3.06. The fraction of sp³-hybridized carbons (Fsp3) is 0.206. The molecule has 0 radical (unpaired) electrons. The Hall–Kier alpha value is -5.75. The van der Waals surface area contributed by atoms with E-state index >= 15 is 0 Å². The molecule has 0 unspecified atom stereocenters. The summed E-state index contributed by atoms with van der Waals surface area (Å²) >= 11 is 0. The van der Waals surface area contributed by atoms with Gasteiger partial charge in [-0.1, -0.05) is 24.3 Å². The zero-order valence-electron chi connectivity index (χ0n) is 25.8. The van der Waals surface area contributed by atoms with Crippen molar-refractivity contribution < 1.29 is 19.4 Å². The lowest BCUT2D eigenvalue weighted by molar-refractivity contribution is -0.110. The van der Waals surface area contributed by atoms with Crippen LogP contribution in [-0.4, -0.2) is 59.3 Å². The van der Waals surface area contributed by atoms with Crippen LogP contribution in [0.2, 0.25) is 0 Å². The van der Waals surface area contributed by atoms with Gasteiger partial charge in [-0.2, -0.15) is 0 Å². The summed E-state index contributed by atoms with van der Waals surface area (Å²) in [4.78, 5) is 34.3. The first kappa shape index (κ1) is 31.7. The topological polar surface area (TPSA) is 173 Å². The minimum Gasteiger partial charge on any atom is -0.507 e. The van der Waals surface area contributed by atoms with Gasteiger partial charge in [0.2, 0.25) is 5.88 Å². The van der Waals surface area contributed by atoms with Gasteiger partial charge in [-0.3, -0.25) is 20.0 Å². The number of piperazine rings is 1. The largest absolute Gasteiger partial charge is 0.507 e. The van der Waals surface area contributed by atoms with E-state index in [9.17, 15) is 14.7 Å². The van der Waals surface area contributed by atoms with Crippen LogP contribution in [0, 0.1) is 19.3 Å². The van der Waals surface area contributed by atoms with E-state index in [-0.39, 0.29) is 23.7 Å². The third kappa shape index (κ3) is 7.48. The van der Waals surface area contributed by atoms with Crippen LogP contribution in [-0.2, 0) is 11.3 Å². The molecule has 7 N–H and O–H groups in total. The van der Waals surface area contributed by atoms with E-state index in [0.717, 1.165) is 46.7 Å². The molecule has 236 valence electrons. The Morgan fingerprint density at radius 1 is 1.00 bits per heavy atom. The summed E-state index contributed by atoms with van der Waals surface area (Å²) < 4.78 is 5.13. The molecule has 1 aliphatic rings. The third-order valence-corrected chi connectivity index (χ3v) is 7.61. The van der Waals surface area contributed by atoms with Gasteiger partial charge in [0.25, 0.3) is 11.8 Å². The number of rotatable bonds is 10. The summed E-state index contributed by atoms with van der Waals surface area (Å²) in [5, 5.41) is 34.2. The van der Waals surface area contributed by atoms with Crippen LogP contribution in [0.1, 0.15) is 27.2 Å². The molecule has 0 bridgehead atoms. The van der Waals surface area contributed by atoms with Gasteiger partial charge in [0.1, 0.15) is 17.2 Å². The van der Waals surface area contributed by atoms with Gasteiger partial charge in [0, 0.05) is 79.0 Å². The van der Waals surface area contributed by atoms with Crippen LogP contribution >= 0.6 is 0 Å². The van der Waals surface area contributed by atoms with Crippen molar-refractivity contribution in [1.82, 2.24) is 20.6 Å². The summed E-state index contributed by atoms with van der Waals surface area (Å²) in [5.41, 5.74) is 6.53. The van der Waals surface area contributed by atoms with Crippen molar-refractivity contribution in [2.24, 2.45) is 0 Å². The predicted octanol–water partition coefficient (Wildman–Crippen LogP) is 4.37. The molecule has 0 aliphatic carbocycles. The van der Waals surface area contributed by atoms with Gasteiger partial charge in [0.15, 0.2) is 0 Å². The molecule has 1 aliphatic heterocycles. The lowest BCUT2D eigenvalue weighted by Crippen LogP contribution is -2.38. The number of methoxy groups -OCH3 is 1. The summed E-state index contributed by atoms with van der Waals surface area (Å²) in [5.74, 6) is -0.580. The minimum absolute atomic E-state index is 0.0640. The molecule has 2 aromatic heterocycles. The molecule has 0 spiro atoms. The third-order valence-electron chi connectivity index (χ3n) is 7.61. The second-order valence-corrected chi connectivity index (χ2v) is 10.7. The fourth-order valence-corrected chi connectivity index (χ4v) is 5.00. The van der Waals surface area contributed by atoms with Crippen LogP contribution in [0.5, 0.6) is 11.6 Å². The highest BCUT2D eigenvalue weighted by Crippen LogP contribution is 2.34. The lowest BCUT2D eigenvalue weighted by Gasteiger charge is -2.18. The highest BCUT2D eigenvalue weighted by molar-refractivity contribution is 6.46. The Morgan fingerprint density at radius 2 is 1.72 bits per heavy atom. The Morgan fingerprint density at radius 3 is 2.37 bits per heavy atom. The van der Waals surface area contributed by atoms with E-state index in [1.54, 1.807) is 30.5 Å². The van der Waals surface area contributed by atoms with Gasteiger partial charge in [-0.25, -0.2) is 4.98 Å². The smallest absolute Gasteiger partial charge is 0.274 e. The predicted molar refractivity (Wildman–Crippen MR) is 179 cm³/mol. The van der Waals surface area contributed by atoms with Crippen LogP contribution < -0.4 is 31.3 Å². The van der Waals surface area contributed by atoms with Crippen LogP contribution in [0.4, 0.5) is 17.1 Å². The lowest BCUT2D eigenvalue weighted by atomic mass is 9.94. The molecule has 12 nitrogen and oxygen atoms in total. The quantitative estimate of drug-likeness (QED) is 0.127. The number of amides is 2. The standard InChI is InChI=1S/C34H36N8O4/c1-20-25(6-4-8-28(20)41-33(44)27(35)14-24-19-36-12-13-37-24)26-7-5-9-29(21(26)2)42-34(45)30-16-31(43)22(18-40-30)17-39-23-10-11-38-32(15-23)46-3/h4-11,14-16,18,35-37H,12-13,17,19H2,1-3H3,(H,38,39)(H,40,43)(H,41,44)(H,42,45)/b24-14-,35-27?. The number of anilines is 3. The van der Waals surface area contributed by atoms with Gasteiger partial charge in [0.05, 0.1) is 7.11 Å². The number of benzene rings is 2. The SMILES string of the molecule is COc1cc(NCc2cnc(C(=O)Nc3cccc(-c4cccc(NC(=O)C(=N)/C=C5/CNCCN5)c4C)c3C)cc2O)ccn1. The number of hydrogen-bond donors (Lipinski definition) is 7. The van der Waals surface area contributed by atoms with Gasteiger partial charge < -0.3 is 36.4 Å². The Balaban J connectivity index is 1.28. The second-order valence-electron chi connectivity index (χ2n) is 10.7. The van der Waals surface area contributed by atoms with Crippen molar-refractivity contribution in [3.63, 3.8) is 0 Å². The number of pyridine rings is 2. The van der Waals surface area contributed by atoms with E-state index in [2.05, 4.69) is 36.6 Å². The molecule has 2 amide bonds. The molecule has 46 heavy (non-hydrogen) atoms. The van der Waals surface area contributed by atoms with Crippen molar-refractivity contribution in [2.75, 3.05) is 42.7 Å². The number of ether oxygens (including phenoxy) is 1. The number of aromatic hydroxyl groups is 1. The highest BCUT2D eigenvalue weighted by Gasteiger charge is 2.17. The van der Waals surface area contributed by atoms with E-state index in [0.29, 0.717) is 29.4 Å². The molecule has 5 rings (SSSR count). The molecule has 1 saturated heterocycles. The second kappa shape index (κ2) is 14.4. The van der Waals surface area contributed by atoms with Gasteiger partial charge in [-0.15, -0.1) is 0 Å². The van der Waals surface area contributed by atoms with Crippen molar-refractivity contribution in [1.29, 1.82) is 5.41 Å². The summed E-state index contributed by atoms with van der Waals surface area (Å²) in [6.45, 7) is 6.24. The Kier molecular flexibility index (Phi) is 9.88. The van der Waals surface area contributed by atoms with E-state index < -0.39 is 11.8 Å². The Bertz CT molecular complexity index is 1810. The zero-order valence-corrected chi connectivity index (χ0v) is 25.8. The van der Waals surface area contributed by atoms with Crippen molar-refractivity contribution >= 4 is 34.6 Å². The number of nitrogens with one attached hydrogen (secondary N) is 6. The molecular weight excluding hydrogens is 584 g/mol. The molecule has 4 aromatic rings. The number of carbonyl (C=O) groups excluding carboxylic acids is 2. The number of hydrogen-bond acceptors (Lipinski definition) is 10. The van der Waals surface area contributed by atoms with Crippen molar-refractivity contribution in [3.05, 3.63) is 101 Å². The molecule has 0 saturated carbocycles. The van der Waals surface area contributed by atoms with E-state index in [1.807, 2.05) is 38.1 Å². The summed E-state index contributed by atoms with van der Waals surface area (Å²) in [6, 6.07) is 16.0. The highest BCUT2D eigenvalue weighted by atomic mass is 16.5. The maximum absolute atomic E-state index is 13.2. The Labute approximate surface area is 266 Å². The molecule has 0 atom stereocenters. The first-order chi connectivity index (χ1) is 22.2. The minimum atomic E-state index is -0.506. The van der Waals surface area contributed by atoms with E-state index in [4.69, 9.17) is 10.1 Å². The molecule has 2 aromatic carbocycles. The van der Waals surface area contributed by atoms with Crippen LogP contribution in [0.25, 0.3) is 11.1 Å². The molecule has 12 heteroatoms. The van der Waals surface area contributed by atoms with Crippen molar-refractivity contribution in [2.45, 2.75) is 20.4 Å². The first-order valence-corrected chi connectivity index (χ1v) is 14.7. The van der Waals surface area contributed by atoms with Gasteiger partial charge in [-0.05, 0) is 60.4 Å². The number of aromatic nitrogens is 2. The summed E-state index contributed by atoms with van der Waals surface area (Å²) in [7, 11) is 1.53. The molecular formula is C34H36N8O4. The number of nitrogens with zero attached hydrogens (tertiary/aromatic N) is 2. The fourth-order valence-electron chi connectivity index (χ4n) is 5.00. The molecule has 3 heterocycles. The maximum Gasteiger partial charge on any atom is 0.274 e. The average molecular weight is 621 g/mol. The van der Waals surface area contributed by atoms with E-state index in [1.165, 1.54) is 25.4 Å². The maximum atomic E-state index is 13.2. The number of carbonyl (C=O) groups is 2.